The Kier molecular flexibility index (Phi) is 5.29. The van der Waals surface area contributed by atoms with Crippen molar-refractivity contribution in [2.75, 3.05) is 13.1 Å². The Morgan fingerprint density at radius 1 is 1.24 bits per heavy atom. The minimum atomic E-state index is -4.05. The maximum Gasteiger partial charge on any atom is 0.246 e. The lowest BCUT2D eigenvalue weighted by molar-refractivity contribution is 0.318. The molecule has 1 aliphatic carbocycles. The lowest BCUT2D eigenvalue weighted by atomic mass is 10.2. The Balaban J connectivity index is 2.38. The van der Waals surface area contributed by atoms with Crippen molar-refractivity contribution in [2.24, 2.45) is 5.73 Å². The molecule has 4 nitrogen and oxygen atoms in total. The Morgan fingerprint density at radius 3 is 2.52 bits per heavy atom. The largest absolute Gasteiger partial charge is 0.330 e. The summed E-state index contributed by atoms with van der Waals surface area (Å²) in [6, 6.07) is 2.35. The fourth-order valence-electron chi connectivity index (χ4n) is 2.74. The summed E-state index contributed by atoms with van der Waals surface area (Å²) in [6.45, 7) is 0.587. The van der Waals surface area contributed by atoms with E-state index in [-0.39, 0.29) is 12.6 Å². The fraction of sp³-hybridized carbons (Fsp3) is 0.571. The van der Waals surface area contributed by atoms with Crippen LogP contribution in [0.1, 0.15) is 32.1 Å². The van der Waals surface area contributed by atoms with Crippen molar-refractivity contribution in [1.82, 2.24) is 4.31 Å². The highest BCUT2D eigenvalue weighted by atomic mass is 32.2. The van der Waals surface area contributed by atoms with Crippen molar-refractivity contribution in [3.63, 3.8) is 0 Å². The Labute approximate surface area is 124 Å². The van der Waals surface area contributed by atoms with Crippen LogP contribution in [0.15, 0.2) is 23.1 Å². The maximum atomic E-state index is 13.8. The minimum Gasteiger partial charge on any atom is -0.330 e. The van der Waals surface area contributed by atoms with E-state index < -0.39 is 26.6 Å². The van der Waals surface area contributed by atoms with Crippen LogP contribution in [0.5, 0.6) is 0 Å². The van der Waals surface area contributed by atoms with Crippen LogP contribution in [0, 0.1) is 11.6 Å². The first-order chi connectivity index (χ1) is 9.96. The Hall–Kier alpha value is -1.05. The van der Waals surface area contributed by atoms with Gasteiger partial charge >= 0.3 is 0 Å². The van der Waals surface area contributed by atoms with Crippen molar-refractivity contribution in [3.8, 4) is 0 Å². The monoisotopic (exact) mass is 318 g/mol. The zero-order valence-electron chi connectivity index (χ0n) is 11.8. The molecular weight excluding hydrogens is 298 g/mol. The summed E-state index contributed by atoms with van der Waals surface area (Å²) >= 11 is 0. The molecule has 1 aromatic rings. The Morgan fingerprint density at radius 2 is 1.90 bits per heavy atom. The van der Waals surface area contributed by atoms with Crippen LogP contribution >= 0.6 is 0 Å². The molecule has 0 radical (unpaired) electrons. The third kappa shape index (κ3) is 3.59. The minimum absolute atomic E-state index is 0.149. The van der Waals surface area contributed by atoms with Crippen molar-refractivity contribution < 1.29 is 17.2 Å². The molecule has 1 fully saturated rings. The first kappa shape index (κ1) is 16.3. The second-order valence-electron chi connectivity index (χ2n) is 5.27. The predicted molar refractivity (Wildman–Crippen MR) is 76.2 cm³/mol. The molecule has 0 bridgehead atoms. The molecule has 21 heavy (non-hydrogen) atoms. The Bertz CT molecular complexity index is 587. The number of benzene rings is 1. The van der Waals surface area contributed by atoms with Crippen LogP contribution in [-0.2, 0) is 10.0 Å². The number of halogens is 2. The summed E-state index contributed by atoms with van der Waals surface area (Å²) in [7, 11) is -4.05. The standard InChI is InChI=1S/C14H20F2N2O2S/c15-11-6-7-13(16)14(10-11)21(19,20)18(9-3-8-17)12-4-1-2-5-12/h6-7,10,12H,1-5,8-9,17H2. The molecule has 0 unspecified atom stereocenters. The lowest BCUT2D eigenvalue weighted by Gasteiger charge is -2.28. The van der Waals surface area contributed by atoms with Gasteiger partial charge in [-0.25, -0.2) is 17.2 Å². The van der Waals surface area contributed by atoms with Gasteiger partial charge in [0.05, 0.1) is 0 Å². The van der Waals surface area contributed by atoms with E-state index in [2.05, 4.69) is 0 Å². The van der Waals surface area contributed by atoms with Crippen LogP contribution in [-0.4, -0.2) is 31.9 Å². The van der Waals surface area contributed by atoms with Crippen LogP contribution in [0.25, 0.3) is 0 Å². The molecule has 1 aliphatic rings. The van der Waals surface area contributed by atoms with Gasteiger partial charge in [0.15, 0.2) is 0 Å². The number of sulfonamides is 1. The van der Waals surface area contributed by atoms with E-state index >= 15 is 0 Å². The van der Waals surface area contributed by atoms with Gasteiger partial charge in [-0.3, -0.25) is 0 Å². The average Bonchev–Trinajstić information content (AvgIpc) is 2.95. The normalized spacial score (nSPS) is 16.8. The van der Waals surface area contributed by atoms with E-state index in [0.29, 0.717) is 13.0 Å². The molecule has 1 saturated carbocycles. The van der Waals surface area contributed by atoms with Crippen molar-refractivity contribution in [2.45, 2.75) is 43.0 Å². The number of nitrogens with two attached hydrogens (primary N) is 1. The summed E-state index contributed by atoms with van der Waals surface area (Å²) in [5.41, 5.74) is 5.46. The maximum absolute atomic E-state index is 13.8. The van der Waals surface area contributed by atoms with Gasteiger partial charge in [-0.2, -0.15) is 4.31 Å². The molecule has 0 aliphatic heterocycles. The summed E-state index contributed by atoms with van der Waals surface area (Å²) in [6.07, 6.45) is 3.89. The van der Waals surface area contributed by atoms with E-state index in [1.54, 1.807) is 0 Å². The fourth-order valence-corrected chi connectivity index (χ4v) is 4.54. The highest BCUT2D eigenvalue weighted by Gasteiger charge is 2.34. The third-order valence-corrected chi connectivity index (χ3v) is 5.76. The first-order valence-corrected chi connectivity index (χ1v) is 8.58. The van der Waals surface area contributed by atoms with Gasteiger partial charge in [0, 0.05) is 12.6 Å². The number of nitrogens with zero attached hydrogens (tertiary/aromatic N) is 1. The molecule has 7 heteroatoms. The van der Waals surface area contributed by atoms with Gasteiger partial charge < -0.3 is 5.73 Å². The van der Waals surface area contributed by atoms with E-state index in [1.165, 1.54) is 4.31 Å². The average molecular weight is 318 g/mol. The zero-order chi connectivity index (χ0) is 15.5. The SMILES string of the molecule is NCCCN(C1CCCC1)S(=O)(=O)c1cc(F)ccc1F. The van der Waals surface area contributed by atoms with Crippen LogP contribution in [0.2, 0.25) is 0 Å². The highest BCUT2D eigenvalue weighted by molar-refractivity contribution is 7.89. The molecule has 0 spiro atoms. The molecule has 118 valence electrons. The molecule has 2 N–H and O–H groups in total. The van der Waals surface area contributed by atoms with Crippen LogP contribution in [0.3, 0.4) is 0 Å². The molecule has 0 aromatic heterocycles. The van der Waals surface area contributed by atoms with Gasteiger partial charge in [-0.1, -0.05) is 12.8 Å². The van der Waals surface area contributed by atoms with E-state index in [4.69, 9.17) is 5.73 Å². The smallest absolute Gasteiger partial charge is 0.246 e. The first-order valence-electron chi connectivity index (χ1n) is 7.14. The second kappa shape index (κ2) is 6.81. The van der Waals surface area contributed by atoms with Gasteiger partial charge in [0.2, 0.25) is 10.0 Å². The van der Waals surface area contributed by atoms with Gasteiger partial charge in [0.25, 0.3) is 0 Å². The van der Waals surface area contributed by atoms with E-state index in [0.717, 1.165) is 43.9 Å². The molecule has 0 atom stereocenters. The molecule has 0 saturated heterocycles. The van der Waals surface area contributed by atoms with Crippen molar-refractivity contribution >= 4 is 10.0 Å². The quantitative estimate of drug-likeness (QED) is 0.875. The van der Waals surface area contributed by atoms with Crippen molar-refractivity contribution in [1.29, 1.82) is 0 Å². The van der Waals surface area contributed by atoms with Crippen molar-refractivity contribution in [3.05, 3.63) is 29.8 Å². The summed E-state index contributed by atoms with van der Waals surface area (Å²) in [5.74, 6) is -1.69. The van der Waals surface area contributed by atoms with Crippen LogP contribution in [0.4, 0.5) is 8.78 Å². The number of hydrogen-bond donors (Lipinski definition) is 1. The van der Waals surface area contributed by atoms with Gasteiger partial charge in [-0.05, 0) is 44.0 Å². The second-order valence-corrected chi connectivity index (χ2v) is 7.13. The predicted octanol–water partition coefficient (Wildman–Crippen LogP) is 2.25. The van der Waals surface area contributed by atoms with Crippen LogP contribution < -0.4 is 5.73 Å². The molecule has 2 rings (SSSR count). The van der Waals surface area contributed by atoms with E-state index in [1.807, 2.05) is 0 Å². The molecule has 0 heterocycles. The van der Waals surface area contributed by atoms with Gasteiger partial charge in [-0.15, -0.1) is 0 Å². The third-order valence-electron chi connectivity index (χ3n) is 3.79. The number of hydrogen-bond acceptors (Lipinski definition) is 3. The molecule has 1 aromatic carbocycles. The summed E-state index contributed by atoms with van der Waals surface area (Å²) in [5, 5.41) is 0. The summed E-state index contributed by atoms with van der Waals surface area (Å²) in [4.78, 5) is -0.591. The molecule has 0 amide bonds. The van der Waals surface area contributed by atoms with Gasteiger partial charge in [0.1, 0.15) is 16.5 Å². The lowest BCUT2D eigenvalue weighted by Crippen LogP contribution is -2.40. The number of rotatable bonds is 6. The highest BCUT2D eigenvalue weighted by Crippen LogP contribution is 2.30. The topological polar surface area (TPSA) is 63.4 Å². The zero-order valence-corrected chi connectivity index (χ0v) is 12.6. The molecular formula is C14H20F2N2O2S. The van der Waals surface area contributed by atoms with E-state index in [9.17, 15) is 17.2 Å². The summed E-state index contributed by atoms with van der Waals surface area (Å²) < 4.78 is 53.8.